The minimum Gasteiger partial charge on any atom is -0.352 e. The molecule has 2 aromatic rings. The molecule has 3 heterocycles. The molecule has 0 radical (unpaired) electrons. The van der Waals surface area contributed by atoms with Crippen LogP contribution in [0.2, 0.25) is 0 Å². The Kier molecular flexibility index (Phi) is 3.73. The van der Waals surface area contributed by atoms with Gasteiger partial charge in [-0.2, -0.15) is 18.3 Å². The predicted octanol–water partition coefficient (Wildman–Crippen LogP) is 2.49. The topological polar surface area (TPSA) is 58.0 Å². The number of rotatable bonds is 4. The summed E-state index contributed by atoms with van der Waals surface area (Å²) < 4.78 is 37.6. The first-order valence-electron chi connectivity index (χ1n) is 8.14. The molecule has 4 rings (SSSR count). The third-order valence-electron chi connectivity index (χ3n) is 4.70. The summed E-state index contributed by atoms with van der Waals surface area (Å²) in [7, 11) is 1.81. The number of aromatic nitrogens is 4. The van der Waals surface area contributed by atoms with Crippen LogP contribution in [0, 0.1) is 0 Å². The largest absolute Gasteiger partial charge is 0.435 e. The van der Waals surface area contributed by atoms with Crippen LogP contribution in [-0.4, -0.2) is 46.6 Å². The highest BCUT2D eigenvalue weighted by molar-refractivity contribution is 5.47. The van der Waals surface area contributed by atoms with E-state index in [0.717, 1.165) is 30.7 Å². The Morgan fingerprint density at radius 2 is 1.76 bits per heavy atom. The molecule has 25 heavy (non-hydrogen) atoms. The number of hydrogen-bond donors (Lipinski definition) is 0. The van der Waals surface area contributed by atoms with E-state index in [1.165, 1.54) is 18.9 Å². The molecule has 2 aliphatic rings. The van der Waals surface area contributed by atoms with Crippen molar-refractivity contribution in [3.63, 3.8) is 0 Å². The quantitative estimate of drug-likeness (QED) is 0.844. The highest BCUT2D eigenvalue weighted by atomic mass is 19.4. The molecule has 0 atom stereocenters. The van der Waals surface area contributed by atoms with Crippen LogP contribution in [0.25, 0.3) is 0 Å². The van der Waals surface area contributed by atoms with Gasteiger partial charge in [0, 0.05) is 26.1 Å². The smallest absolute Gasteiger partial charge is 0.352 e. The van der Waals surface area contributed by atoms with E-state index in [2.05, 4.69) is 25.3 Å². The molecule has 132 valence electrons. The molecule has 9 heteroatoms. The fourth-order valence-electron chi connectivity index (χ4n) is 2.84. The number of hydrogen-bond acceptors (Lipinski definition) is 6. The van der Waals surface area contributed by atoms with Gasteiger partial charge in [-0.15, -0.1) is 15.3 Å². The zero-order valence-electron chi connectivity index (χ0n) is 13.6. The van der Waals surface area contributed by atoms with Crippen LogP contribution in [-0.2, 0) is 6.18 Å². The van der Waals surface area contributed by atoms with Crippen molar-refractivity contribution in [2.75, 3.05) is 29.9 Å². The molecular formula is C16H17F3N6. The highest BCUT2D eigenvalue weighted by Crippen LogP contribution is 2.39. The average Bonchev–Trinajstić information content (AvgIpc) is 3.38. The van der Waals surface area contributed by atoms with E-state index in [1.54, 1.807) is 7.05 Å². The SMILES string of the molecule is CN(c1ccc(C(F)(F)F)nn1)C1CN(c2ccc(C3CC3)nn2)C1. The second-order valence-corrected chi connectivity index (χ2v) is 6.53. The maximum atomic E-state index is 12.5. The molecule has 0 spiro atoms. The summed E-state index contributed by atoms with van der Waals surface area (Å²) in [6.45, 7) is 1.44. The Balaban J connectivity index is 1.36. The van der Waals surface area contributed by atoms with Gasteiger partial charge in [0.15, 0.2) is 17.3 Å². The van der Waals surface area contributed by atoms with Gasteiger partial charge in [-0.3, -0.25) is 0 Å². The van der Waals surface area contributed by atoms with Crippen LogP contribution in [0.5, 0.6) is 0 Å². The van der Waals surface area contributed by atoms with Crippen molar-refractivity contribution in [2.24, 2.45) is 0 Å². The summed E-state index contributed by atoms with van der Waals surface area (Å²) >= 11 is 0. The van der Waals surface area contributed by atoms with Gasteiger partial charge in [-0.25, -0.2) is 0 Å². The number of halogens is 3. The van der Waals surface area contributed by atoms with Gasteiger partial charge in [0.2, 0.25) is 0 Å². The van der Waals surface area contributed by atoms with Crippen molar-refractivity contribution in [3.8, 4) is 0 Å². The minimum absolute atomic E-state index is 0.149. The fourth-order valence-corrected chi connectivity index (χ4v) is 2.84. The van der Waals surface area contributed by atoms with Crippen molar-refractivity contribution < 1.29 is 13.2 Å². The molecular weight excluding hydrogens is 333 g/mol. The number of alkyl halides is 3. The van der Waals surface area contributed by atoms with E-state index in [0.29, 0.717) is 11.7 Å². The van der Waals surface area contributed by atoms with Crippen molar-refractivity contribution in [1.29, 1.82) is 0 Å². The van der Waals surface area contributed by atoms with E-state index >= 15 is 0 Å². The van der Waals surface area contributed by atoms with Crippen LogP contribution in [0.4, 0.5) is 24.8 Å². The Morgan fingerprint density at radius 3 is 2.28 bits per heavy atom. The van der Waals surface area contributed by atoms with Crippen molar-refractivity contribution in [2.45, 2.75) is 31.0 Å². The molecule has 1 aliphatic heterocycles. The lowest BCUT2D eigenvalue weighted by molar-refractivity contribution is -0.141. The van der Waals surface area contributed by atoms with Crippen LogP contribution < -0.4 is 9.80 Å². The van der Waals surface area contributed by atoms with Crippen LogP contribution in [0.1, 0.15) is 30.1 Å². The highest BCUT2D eigenvalue weighted by Gasteiger charge is 2.35. The molecule has 0 amide bonds. The monoisotopic (exact) mass is 350 g/mol. The maximum absolute atomic E-state index is 12.5. The number of likely N-dealkylation sites (N-methyl/N-ethyl adjacent to an activating group) is 1. The molecule has 1 saturated heterocycles. The Morgan fingerprint density at radius 1 is 1.00 bits per heavy atom. The Labute approximate surface area is 142 Å². The second kappa shape index (κ2) is 5.82. The summed E-state index contributed by atoms with van der Waals surface area (Å²) in [6.07, 6.45) is -2.08. The standard InChI is InChI=1S/C16H17F3N6/c1-24(14-7-5-13(21-22-14)16(17,18)19)11-8-25(9-11)15-6-4-12(20-23-15)10-2-3-10/h4-7,10-11H,2-3,8-9H2,1H3. The zero-order valence-corrected chi connectivity index (χ0v) is 13.6. The van der Waals surface area contributed by atoms with E-state index in [4.69, 9.17) is 0 Å². The van der Waals surface area contributed by atoms with E-state index < -0.39 is 11.9 Å². The molecule has 0 N–H and O–H groups in total. The summed E-state index contributed by atoms with van der Waals surface area (Å²) in [6, 6.07) is 6.46. The molecule has 2 fully saturated rings. The minimum atomic E-state index is -4.47. The lowest BCUT2D eigenvalue weighted by Gasteiger charge is -2.44. The number of nitrogens with zero attached hydrogens (tertiary/aromatic N) is 6. The molecule has 6 nitrogen and oxygen atoms in total. The summed E-state index contributed by atoms with van der Waals surface area (Å²) in [5, 5.41) is 15.5. The van der Waals surface area contributed by atoms with Crippen molar-refractivity contribution >= 4 is 11.6 Å². The normalized spacial score (nSPS) is 18.2. The first-order valence-corrected chi connectivity index (χ1v) is 8.14. The number of anilines is 2. The van der Waals surface area contributed by atoms with E-state index in [-0.39, 0.29) is 6.04 Å². The first kappa shape index (κ1) is 16.0. The van der Waals surface area contributed by atoms with Crippen LogP contribution in [0.3, 0.4) is 0 Å². The molecule has 0 aromatic carbocycles. The Hall–Kier alpha value is -2.45. The van der Waals surface area contributed by atoms with Crippen LogP contribution in [0.15, 0.2) is 24.3 Å². The lowest BCUT2D eigenvalue weighted by atomic mass is 10.1. The Bertz CT molecular complexity index is 736. The van der Waals surface area contributed by atoms with Gasteiger partial charge in [-0.05, 0) is 37.1 Å². The van der Waals surface area contributed by atoms with Gasteiger partial charge in [0.25, 0.3) is 0 Å². The summed E-state index contributed by atoms with van der Waals surface area (Å²) in [4.78, 5) is 3.93. The molecule has 0 bridgehead atoms. The van der Waals surface area contributed by atoms with Crippen molar-refractivity contribution in [1.82, 2.24) is 20.4 Å². The predicted molar refractivity (Wildman–Crippen MR) is 85.4 cm³/mol. The average molecular weight is 350 g/mol. The van der Waals surface area contributed by atoms with Gasteiger partial charge >= 0.3 is 6.18 Å². The van der Waals surface area contributed by atoms with Gasteiger partial charge < -0.3 is 9.80 Å². The van der Waals surface area contributed by atoms with Crippen LogP contribution >= 0.6 is 0 Å². The summed E-state index contributed by atoms with van der Waals surface area (Å²) in [5.41, 5.74) is 0.0730. The molecule has 0 unspecified atom stereocenters. The van der Waals surface area contributed by atoms with Gasteiger partial charge in [0.1, 0.15) is 0 Å². The fraction of sp³-hybridized carbons (Fsp3) is 0.500. The third-order valence-corrected chi connectivity index (χ3v) is 4.70. The summed E-state index contributed by atoms with van der Waals surface area (Å²) in [5.74, 6) is 1.83. The lowest BCUT2D eigenvalue weighted by Crippen LogP contribution is -2.59. The van der Waals surface area contributed by atoms with Crippen molar-refractivity contribution in [3.05, 3.63) is 35.7 Å². The first-order chi connectivity index (χ1) is 11.9. The molecule has 1 saturated carbocycles. The van der Waals surface area contributed by atoms with E-state index in [9.17, 15) is 13.2 Å². The molecule has 1 aliphatic carbocycles. The van der Waals surface area contributed by atoms with Gasteiger partial charge in [0.05, 0.1) is 11.7 Å². The third kappa shape index (κ3) is 3.22. The second-order valence-electron chi connectivity index (χ2n) is 6.53. The maximum Gasteiger partial charge on any atom is 0.435 e. The zero-order chi connectivity index (χ0) is 17.6. The molecule has 2 aromatic heterocycles. The van der Waals surface area contributed by atoms with Gasteiger partial charge in [-0.1, -0.05) is 0 Å². The van der Waals surface area contributed by atoms with E-state index in [1.807, 2.05) is 17.0 Å².